The molecule has 80 valence electrons. The number of thioether (sulfide) groups is 1. The Bertz CT molecular complexity index is 450. The maximum Gasteiger partial charge on any atom is 0.128 e. The van der Waals surface area contributed by atoms with Crippen molar-refractivity contribution in [3.05, 3.63) is 30.5 Å². The number of benzene rings is 1. The molecule has 0 unspecified atom stereocenters. The van der Waals surface area contributed by atoms with Crippen LogP contribution in [0.5, 0.6) is 5.75 Å². The molecule has 0 saturated carbocycles. The lowest BCUT2D eigenvalue weighted by Gasteiger charge is -2.05. The molecule has 0 aliphatic rings. The Morgan fingerprint density at radius 1 is 1.33 bits per heavy atom. The van der Waals surface area contributed by atoms with Crippen molar-refractivity contribution in [2.75, 3.05) is 19.1 Å². The molecule has 2 nitrogen and oxygen atoms in total. The molecule has 1 aromatic heterocycles. The SMILES string of the molecule is COc1cccc2c1ccn2CCSC. The molecule has 0 atom stereocenters. The van der Waals surface area contributed by atoms with Crippen LogP contribution in [0, 0.1) is 0 Å². The number of nitrogens with zero attached hydrogens (tertiary/aromatic N) is 1. The summed E-state index contributed by atoms with van der Waals surface area (Å²) in [5.41, 5.74) is 1.25. The third kappa shape index (κ3) is 1.97. The summed E-state index contributed by atoms with van der Waals surface area (Å²) in [6, 6.07) is 8.30. The van der Waals surface area contributed by atoms with E-state index < -0.39 is 0 Å². The Morgan fingerprint density at radius 3 is 2.93 bits per heavy atom. The van der Waals surface area contributed by atoms with Crippen molar-refractivity contribution in [2.24, 2.45) is 0 Å². The fourth-order valence-corrected chi connectivity index (χ4v) is 2.14. The van der Waals surface area contributed by atoms with Gasteiger partial charge in [-0.05, 0) is 24.5 Å². The third-order valence-corrected chi connectivity index (χ3v) is 3.12. The van der Waals surface area contributed by atoms with Crippen LogP contribution in [0.15, 0.2) is 30.5 Å². The summed E-state index contributed by atoms with van der Waals surface area (Å²) in [6.07, 6.45) is 4.26. The quantitative estimate of drug-likeness (QED) is 0.788. The molecule has 0 amide bonds. The van der Waals surface area contributed by atoms with Gasteiger partial charge in [-0.1, -0.05) is 6.07 Å². The number of hydrogen-bond acceptors (Lipinski definition) is 2. The van der Waals surface area contributed by atoms with Crippen LogP contribution in [-0.4, -0.2) is 23.7 Å². The van der Waals surface area contributed by atoms with E-state index in [0.717, 1.165) is 18.0 Å². The molecule has 0 saturated heterocycles. The minimum Gasteiger partial charge on any atom is -0.496 e. The second kappa shape index (κ2) is 4.62. The second-order valence-electron chi connectivity index (χ2n) is 3.40. The average Bonchev–Trinajstić information content (AvgIpc) is 2.69. The lowest BCUT2D eigenvalue weighted by Crippen LogP contribution is -1.97. The van der Waals surface area contributed by atoms with Gasteiger partial charge in [0.15, 0.2) is 0 Å². The number of rotatable bonds is 4. The molecule has 3 heteroatoms. The standard InChI is InChI=1S/C12H15NOS/c1-14-12-5-3-4-11-10(12)6-7-13(11)8-9-15-2/h3-7H,8-9H2,1-2H3. The normalized spacial score (nSPS) is 10.8. The summed E-state index contributed by atoms with van der Waals surface area (Å²) in [5, 5.41) is 1.20. The lowest BCUT2D eigenvalue weighted by molar-refractivity contribution is 0.420. The van der Waals surface area contributed by atoms with Crippen LogP contribution in [0.1, 0.15) is 0 Å². The number of ether oxygens (including phenoxy) is 1. The number of methoxy groups -OCH3 is 1. The van der Waals surface area contributed by atoms with Gasteiger partial charge in [0.1, 0.15) is 5.75 Å². The van der Waals surface area contributed by atoms with Gasteiger partial charge in [-0.2, -0.15) is 11.8 Å². The molecule has 0 N–H and O–H groups in total. The first-order valence-corrected chi connectivity index (χ1v) is 6.37. The van der Waals surface area contributed by atoms with E-state index in [0.29, 0.717) is 0 Å². The first-order valence-electron chi connectivity index (χ1n) is 4.97. The van der Waals surface area contributed by atoms with E-state index in [2.05, 4.69) is 29.2 Å². The fraction of sp³-hybridized carbons (Fsp3) is 0.333. The summed E-state index contributed by atoms with van der Waals surface area (Å²) in [5.74, 6) is 2.09. The highest BCUT2D eigenvalue weighted by molar-refractivity contribution is 7.98. The van der Waals surface area contributed by atoms with Crippen molar-refractivity contribution in [2.45, 2.75) is 6.54 Å². The first kappa shape index (κ1) is 10.4. The molecule has 0 aliphatic carbocycles. The molecule has 2 aromatic rings. The van der Waals surface area contributed by atoms with Crippen LogP contribution >= 0.6 is 11.8 Å². The Balaban J connectivity index is 2.42. The van der Waals surface area contributed by atoms with E-state index in [1.54, 1.807) is 7.11 Å². The highest BCUT2D eigenvalue weighted by Gasteiger charge is 2.04. The van der Waals surface area contributed by atoms with Crippen molar-refractivity contribution in [3.63, 3.8) is 0 Å². The molecule has 1 aromatic carbocycles. The molecule has 0 aliphatic heterocycles. The minimum atomic E-state index is 0.954. The number of aromatic nitrogens is 1. The van der Waals surface area contributed by atoms with Gasteiger partial charge < -0.3 is 9.30 Å². The Kier molecular flexibility index (Phi) is 3.21. The number of aryl methyl sites for hydroxylation is 1. The summed E-state index contributed by atoms with van der Waals surface area (Å²) in [7, 11) is 1.72. The van der Waals surface area contributed by atoms with Crippen LogP contribution < -0.4 is 4.74 Å². The van der Waals surface area contributed by atoms with Gasteiger partial charge in [0.25, 0.3) is 0 Å². The average molecular weight is 221 g/mol. The molecule has 0 fully saturated rings. The van der Waals surface area contributed by atoms with Gasteiger partial charge in [0.2, 0.25) is 0 Å². The third-order valence-electron chi connectivity index (χ3n) is 2.53. The first-order chi connectivity index (χ1) is 7.36. The molecule has 1 heterocycles. The molecule has 15 heavy (non-hydrogen) atoms. The van der Waals surface area contributed by atoms with Gasteiger partial charge in [-0.25, -0.2) is 0 Å². The highest BCUT2D eigenvalue weighted by Crippen LogP contribution is 2.26. The Labute approximate surface area is 94.2 Å². The Morgan fingerprint density at radius 2 is 2.20 bits per heavy atom. The molecule has 0 spiro atoms. The largest absolute Gasteiger partial charge is 0.496 e. The highest BCUT2D eigenvalue weighted by atomic mass is 32.2. The van der Waals surface area contributed by atoms with Crippen molar-refractivity contribution in [1.29, 1.82) is 0 Å². The Hall–Kier alpha value is -1.09. The predicted octanol–water partition coefficient (Wildman–Crippen LogP) is 3.01. The van der Waals surface area contributed by atoms with Crippen LogP contribution in [0.4, 0.5) is 0 Å². The maximum atomic E-state index is 5.33. The van der Waals surface area contributed by atoms with E-state index in [1.807, 2.05) is 23.9 Å². The van der Waals surface area contributed by atoms with Gasteiger partial charge in [-0.15, -0.1) is 0 Å². The molecule has 0 radical (unpaired) electrons. The van der Waals surface area contributed by atoms with Crippen molar-refractivity contribution < 1.29 is 4.74 Å². The van der Waals surface area contributed by atoms with E-state index in [9.17, 15) is 0 Å². The zero-order valence-corrected chi connectivity index (χ0v) is 9.88. The molecular formula is C12H15NOS. The summed E-state index contributed by atoms with van der Waals surface area (Å²) in [6.45, 7) is 1.05. The van der Waals surface area contributed by atoms with E-state index in [4.69, 9.17) is 4.74 Å². The summed E-state index contributed by atoms with van der Waals surface area (Å²) in [4.78, 5) is 0. The second-order valence-corrected chi connectivity index (χ2v) is 4.38. The summed E-state index contributed by atoms with van der Waals surface area (Å²) >= 11 is 1.87. The minimum absolute atomic E-state index is 0.954. The van der Waals surface area contributed by atoms with Crippen molar-refractivity contribution >= 4 is 22.7 Å². The monoisotopic (exact) mass is 221 g/mol. The van der Waals surface area contributed by atoms with Gasteiger partial charge in [0, 0.05) is 23.9 Å². The molecule has 2 rings (SSSR count). The smallest absolute Gasteiger partial charge is 0.128 e. The van der Waals surface area contributed by atoms with E-state index in [1.165, 1.54) is 10.9 Å². The van der Waals surface area contributed by atoms with Crippen molar-refractivity contribution in [3.8, 4) is 5.75 Å². The molecular weight excluding hydrogens is 206 g/mol. The van der Waals surface area contributed by atoms with Crippen LogP contribution in [0.3, 0.4) is 0 Å². The maximum absolute atomic E-state index is 5.33. The fourth-order valence-electron chi connectivity index (χ4n) is 1.76. The van der Waals surface area contributed by atoms with E-state index in [-0.39, 0.29) is 0 Å². The number of hydrogen-bond donors (Lipinski definition) is 0. The zero-order chi connectivity index (χ0) is 10.7. The topological polar surface area (TPSA) is 14.2 Å². The van der Waals surface area contributed by atoms with Crippen LogP contribution in [0.25, 0.3) is 10.9 Å². The van der Waals surface area contributed by atoms with Gasteiger partial charge in [-0.3, -0.25) is 0 Å². The van der Waals surface area contributed by atoms with Crippen LogP contribution in [0.2, 0.25) is 0 Å². The van der Waals surface area contributed by atoms with Crippen LogP contribution in [-0.2, 0) is 6.54 Å². The zero-order valence-electron chi connectivity index (χ0n) is 9.06. The number of fused-ring (bicyclic) bond motifs is 1. The van der Waals surface area contributed by atoms with Gasteiger partial charge in [0.05, 0.1) is 12.6 Å². The molecule has 0 bridgehead atoms. The van der Waals surface area contributed by atoms with Gasteiger partial charge >= 0.3 is 0 Å². The summed E-state index contributed by atoms with van der Waals surface area (Å²) < 4.78 is 7.60. The van der Waals surface area contributed by atoms with E-state index >= 15 is 0 Å². The van der Waals surface area contributed by atoms with Crippen molar-refractivity contribution in [1.82, 2.24) is 4.57 Å². The predicted molar refractivity (Wildman–Crippen MR) is 66.9 cm³/mol. The lowest BCUT2D eigenvalue weighted by atomic mass is 10.2.